The molecular formula is C25H36FN7O2. The number of rotatable bonds is 9. The monoisotopic (exact) mass is 485 g/mol. The fraction of sp³-hybridized carbons (Fsp3) is 0.640. The minimum atomic E-state index is -0.999. The zero-order chi connectivity index (χ0) is 24.5. The van der Waals surface area contributed by atoms with Crippen LogP contribution in [0.1, 0.15) is 51.8 Å². The van der Waals surface area contributed by atoms with Crippen LogP contribution in [0.3, 0.4) is 0 Å². The van der Waals surface area contributed by atoms with Crippen molar-refractivity contribution >= 4 is 22.7 Å². The number of hydrogen-bond acceptors (Lipinski definition) is 7. The SMILES string of the molecule is CCOc1nc(Nc2cnn(C3CCN(C4COC4)[C@H](C[C@H](C)CC)C3F)c2C)nc2[nH]ccc12. The molecule has 9 nitrogen and oxygen atoms in total. The molecule has 0 amide bonds. The number of nitrogens with one attached hydrogen (secondary N) is 2. The smallest absolute Gasteiger partial charge is 0.232 e. The molecule has 0 saturated carbocycles. The summed E-state index contributed by atoms with van der Waals surface area (Å²) < 4.78 is 29.1. The van der Waals surface area contributed by atoms with E-state index in [4.69, 9.17) is 9.47 Å². The van der Waals surface area contributed by atoms with Crippen molar-refractivity contribution < 1.29 is 13.9 Å². The third kappa shape index (κ3) is 4.61. The lowest BCUT2D eigenvalue weighted by Crippen LogP contribution is -2.60. The second kappa shape index (κ2) is 10.1. The van der Waals surface area contributed by atoms with Crippen LogP contribution in [-0.4, -0.2) is 74.3 Å². The first-order valence-corrected chi connectivity index (χ1v) is 12.8. The van der Waals surface area contributed by atoms with Crippen LogP contribution in [-0.2, 0) is 4.74 Å². The quantitative estimate of drug-likeness (QED) is 0.464. The van der Waals surface area contributed by atoms with Crippen molar-refractivity contribution in [3.8, 4) is 5.88 Å². The van der Waals surface area contributed by atoms with Crippen LogP contribution in [0.4, 0.5) is 16.0 Å². The Hall–Kier alpha value is -2.72. The van der Waals surface area contributed by atoms with Gasteiger partial charge < -0.3 is 19.8 Å². The second-order valence-corrected chi connectivity index (χ2v) is 9.78. The van der Waals surface area contributed by atoms with E-state index in [1.165, 1.54) is 0 Å². The van der Waals surface area contributed by atoms with Crippen molar-refractivity contribution in [3.63, 3.8) is 0 Å². The Bertz CT molecular complexity index is 1140. The molecule has 2 saturated heterocycles. The fourth-order valence-corrected chi connectivity index (χ4v) is 5.23. The van der Waals surface area contributed by atoms with Crippen molar-refractivity contribution in [2.45, 2.75) is 71.3 Å². The summed E-state index contributed by atoms with van der Waals surface area (Å²) in [6.07, 6.45) is 5.17. The summed E-state index contributed by atoms with van der Waals surface area (Å²) >= 11 is 0. The van der Waals surface area contributed by atoms with Gasteiger partial charge in [0.15, 0.2) is 0 Å². The maximum absolute atomic E-state index is 16.1. The highest BCUT2D eigenvalue weighted by Crippen LogP contribution is 2.37. The van der Waals surface area contributed by atoms with Gasteiger partial charge in [0.1, 0.15) is 11.8 Å². The number of nitrogens with zero attached hydrogens (tertiary/aromatic N) is 5. The summed E-state index contributed by atoms with van der Waals surface area (Å²) in [5.41, 5.74) is 2.33. The molecular weight excluding hydrogens is 449 g/mol. The summed E-state index contributed by atoms with van der Waals surface area (Å²) in [6, 6.07) is 1.80. The Balaban J connectivity index is 1.37. The Labute approximate surface area is 205 Å². The topological polar surface area (TPSA) is 93.1 Å². The number of hydrogen-bond donors (Lipinski definition) is 2. The lowest BCUT2D eigenvalue weighted by Gasteiger charge is -2.49. The van der Waals surface area contributed by atoms with E-state index in [2.05, 4.69) is 44.1 Å². The van der Waals surface area contributed by atoms with E-state index in [1.54, 1.807) is 6.20 Å². The normalized spacial score (nSPS) is 24.4. The van der Waals surface area contributed by atoms with Gasteiger partial charge in [0.2, 0.25) is 11.8 Å². The molecule has 2 unspecified atom stereocenters. The second-order valence-electron chi connectivity index (χ2n) is 9.78. The van der Waals surface area contributed by atoms with E-state index in [0.717, 1.165) is 42.6 Å². The third-order valence-corrected chi connectivity index (χ3v) is 7.54. The number of fused-ring (bicyclic) bond motifs is 1. The van der Waals surface area contributed by atoms with Crippen LogP contribution in [0.2, 0.25) is 0 Å². The van der Waals surface area contributed by atoms with Gasteiger partial charge in [-0.2, -0.15) is 15.1 Å². The largest absolute Gasteiger partial charge is 0.477 e. The van der Waals surface area contributed by atoms with Crippen molar-refractivity contribution in [3.05, 3.63) is 24.2 Å². The molecule has 2 aliphatic heterocycles. The Morgan fingerprint density at radius 3 is 2.86 bits per heavy atom. The summed E-state index contributed by atoms with van der Waals surface area (Å²) in [4.78, 5) is 14.6. The van der Waals surface area contributed by atoms with Gasteiger partial charge in [-0.05, 0) is 38.7 Å². The molecule has 2 aliphatic rings. The zero-order valence-corrected chi connectivity index (χ0v) is 21.0. The summed E-state index contributed by atoms with van der Waals surface area (Å²) in [6.45, 7) is 11.1. The minimum absolute atomic E-state index is 0.120. The van der Waals surface area contributed by atoms with Crippen molar-refractivity contribution in [1.29, 1.82) is 0 Å². The number of aromatic nitrogens is 5. The molecule has 2 fully saturated rings. The lowest BCUT2D eigenvalue weighted by atomic mass is 9.86. The minimum Gasteiger partial charge on any atom is -0.477 e. The van der Waals surface area contributed by atoms with E-state index < -0.39 is 6.17 Å². The molecule has 190 valence electrons. The lowest BCUT2D eigenvalue weighted by molar-refractivity contribution is -0.113. The number of anilines is 2. The zero-order valence-electron chi connectivity index (χ0n) is 21.0. The van der Waals surface area contributed by atoms with Crippen molar-refractivity contribution in [1.82, 2.24) is 29.6 Å². The standard InChI is InChI=1S/C25H36FN7O2/c1-5-15(3)11-21-22(26)20(8-10-32(21)17-13-34-14-17)33-16(4)19(12-28-33)29-25-30-23-18(7-9-27-23)24(31-25)35-6-2/h7,9,12,15,17,20-22H,5-6,8,10-11,13-14H2,1-4H3,(H2,27,29,30,31)/t15-,20?,21-,22?/m1/s1. The van der Waals surface area contributed by atoms with Crippen molar-refractivity contribution in [2.75, 3.05) is 31.7 Å². The Kier molecular flexibility index (Phi) is 6.93. The van der Waals surface area contributed by atoms with Crippen LogP contribution in [0.25, 0.3) is 11.0 Å². The highest BCUT2D eigenvalue weighted by Gasteiger charge is 2.44. The number of ether oxygens (including phenoxy) is 2. The number of aromatic amines is 1. The average molecular weight is 486 g/mol. The van der Waals surface area contributed by atoms with E-state index in [9.17, 15) is 0 Å². The molecule has 3 aromatic rings. The van der Waals surface area contributed by atoms with Gasteiger partial charge in [-0.1, -0.05) is 20.3 Å². The summed E-state index contributed by atoms with van der Waals surface area (Å²) in [5, 5.41) is 8.72. The first kappa shape index (κ1) is 24.0. The molecule has 4 atom stereocenters. The third-order valence-electron chi connectivity index (χ3n) is 7.54. The van der Waals surface area contributed by atoms with E-state index in [-0.39, 0.29) is 12.1 Å². The molecule has 0 aliphatic carbocycles. The molecule has 3 aromatic heterocycles. The molecule has 2 N–H and O–H groups in total. The molecule has 0 spiro atoms. The fourth-order valence-electron chi connectivity index (χ4n) is 5.23. The number of H-pyrrole nitrogens is 1. The van der Waals surface area contributed by atoms with E-state index in [1.807, 2.05) is 30.8 Å². The van der Waals surface area contributed by atoms with Gasteiger partial charge in [0.05, 0.1) is 54.9 Å². The molecule has 5 heterocycles. The maximum Gasteiger partial charge on any atom is 0.232 e. The first-order valence-electron chi connectivity index (χ1n) is 12.8. The van der Waals surface area contributed by atoms with Crippen LogP contribution in [0.15, 0.2) is 18.5 Å². The van der Waals surface area contributed by atoms with E-state index >= 15 is 4.39 Å². The van der Waals surface area contributed by atoms with Gasteiger partial charge in [-0.15, -0.1) is 0 Å². The van der Waals surface area contributed by atoms with E-state index in [0.29, 0.717) is 49.3 Å². The molecule has 5 rings (SSSR count). The van der Waals surface area contributed by atoms with Gasteiger partial charge in [-0.3, -0.25) is 9.58 Å². The Morgan fingerprint density at radius 1 is 1.31 bits per heavy atom. The average Bonchev–Trinajstić information content (AvgIpc) is 3.42. The number of likely N-dealkylation sites (tertiary alicyclic amines) is 1. The molecule has 0 aromatic carbocycles. The van der Waals surface area contributed by atoms with Crippen molar-refractivity contribution in [2.24, 2.45) is 5.92 Å². The highest BCUT2D eigenvalue weighted by molar-refractivity contribution is 5.82. The summed E-state index contributed by atoms with van der Waals surface area (Å²) in [7, 11) is 0. The van der Waals surface area contributed by atoms with Crippen LogP contribution in [0, 0.1) is 12.8 Å². The first-order chi connectivity index (χ1) is 17.0. The number of piperidine rings is 1. The molecule has 0 radical (unpaired) electrons. The number of alkyl halides is 1. The summed E-state index contributed by atoms with van der Waals surface area (Å²) in [5.74, 6) is 1.41. The van der Waals surface area contributed by atoms with Crippen LogP contribution in [0.5, 0.6) is 5.88 Å². The maximum atomic E-state index is 16.1. The highest BCUT2D eigenvalue weighted by atomic mass is 19.1. The molecule has 35 heavy (non-hydrogen) atoms. The van der Waals surface area contributed by atoms with Gasteiger partial charge in [0.25, 0.3) is 0 Å². The van der Waals surface area contributed by atoms with Crippen LogP contribution < -0.4 is 10.1 Å². The molecule has 0 bridgehead atoms. The predicted octanol–water partition coefficient (Wildman–Crippen LogP) is 4.39. The van der Waals surface area contributed by atoms with Crippen LogP contribution >= 0.6 is 0 Å². The van der Waals surface area contributed by atoms with Gasteiger partial charge in [-0.25, -0.2) is 4.39 Å². The predicted molar refractivity (Wildman–Crippen MR) is 133 cm³/mol. The Morgan fingerprint density at radius 2 is 2.14 bits per heavy atom. The number of halogens is 1. The van der Waals surface area contributed by atoms with Gasteiger partial charge in [0, 0.05) is 18.8 Å². The van der Waals surface area contributed by atoms with Gasteiger partial charge >= 0.3 is 0 Å². The molecule has 10 heteroatoms.